The maximum atomic E-state index is 2.44. The first kappa shape index (κ1) is 32.4. The van der Waals surface area contributed by atoms with Crippen molar-refractivity contribution in [2.75, 3.05) is 0 Å². The summed E-state index contributed by atoms with van der Waals surface area (Å²) < 4.78 is 1.46. The van der Waals surface area contributed by atoms with Crippen molar-refractivity contribution in [3.8, 4) is 0 Å². The van der Waals surface area contributed by atoms with E-state index in [-0.39, 0.29) is 35.6 Å². The van der Waals surface area contributed by atoms with Crippen LogP contribution in [0.2, 0.25) is 0 Å². The summed E-state index contributed by atoms with van der Waals surface area (Å²) in [5.41, 5.74) is 7.88. The number of fused-ring (bicyclic) bond motifs is 4. The molecule has 0 saturated carbocycles. The molecule has 0 bridgehead atoms. The molecule has 0 amide bonds. The molecule has 3 heteroatoms. The maximum Gasteiger partial charge on any atom is -1.00 e. The van der Waals surface area contributed by atoms with Crippen molar-refractivity contribution in [3.05, 3.63) is 171 Å². The first-order valence-corrected chi connectivity index (χ1v) is 16.2. The third-order valence-electron chi connectivity index (χ3n) is 9.51. The van der Waals surface area contributed by atoms with Gasteiger partial charge in [-0.25, -0.2) is 0 Å². The fourth-order valence-electron chi connectivity index (χ4n) is 7.64. The third kappa shape index (κ3) is 5.02. The standard InChI is InChI=1S/C41H35.2ClH.Zr/c1-40(2,30-20-7-5-8-21-30)39(41(3,4)31-22-9-6-10-23-31)38-36(28-17-11-12-18-28)34-26-16-15-25-33(34)35-27-29-19-13-14-24-32(29)37(35)38;;;/h5-17,19-26H,18H2,1-4H3;2*1H;/q;;;+2/p-2. The van der Waals surface area contributed by atoms with Crippen molar-refractivity contribution in [2.45, 2.75) is 44.9 Å². The van der Waals surface area contributed by atoms with Crippen LogP contribution in [0.5, 0.6) is 0 Å². The van der Waals surface area contributed by atoms with Crippen molar-refractivity contribution in [1.82, 2.24) is 0 Å². The Labute approximate surface area is 288 Å². The van der Waals surface area contributed by atoms with Gasteiger partial charge in [-0.15, -0.1) is 0 Å². The van der Waals surface area contributed by atoms with Crippen molar-refractivity contribution in [3.63, 3.8) is 0 Å². The molecule has 0 N–H and O–H groups in total. The topological polar surface area (TPSA) is 0 Å². The molecule has 5 aromatic rings. The van der Waals surface area contributed by atoms with Gasteiger partial charge in [-0.05, 0) is 0 Å². The minimum absolute atomic E-state index is 0. The molecule has 0 unspecified atom stereocenters. The molecule has 2 aliphatic rings. The summed E-state index contributed by atoms with van der Waals surface area (Å²) in [5.74, 6) is 0. The number of rotatable bonds is 5. The molecular weight excluding hydrogens is 655 g/mol. The second kappa shape index (κ2) is 12.4. The van der Waals surface area contributed by atoms with E-state index < -0.39 is 0 Å². The number of benzene rings is 5. The third-order valence-corrected chi connectivity index (χ3v) is 10.8. The van der Waals surface area contributed by atoms with E-state index in [1.54, 1.807) is 0 Å². The SMILES string of the molecule is CC(C)(C(=c1c(C2=CC=CC2)c2ccccc2c2c1=c1ccccc1=[C]2[Zr+2])C(C)(C)c1ccccc1)c1ccccc1.[Cl-].[Cl-]. The van der Waals surface area contributed by atoms with Crippen LogP contribution in [0, 0.1) is 10.4 Å². The van der Waals surface area contributed by atoms with E-state index >= 15 is 0 Å². The monoisotopic (exact) mass is 687 g/mol. The summed E-state index contributed by atoms with van der Waals surface area (Å²) in [6, 6.07) is 40.5. The fourth-order valence-corrected chi connectivity index (χ4v) is 8.82. The van der Waals surface area contributed by atoms with Crippen molar-refractivity contribution in [1.29, 1.82) is 0 Å². The van der Waals surface area contributed by atoms with Gasteiger partial charge in [0.2, 0.25) is 0 Å². The number of hydrogen-bond donors (Lipinski definition) is 0. The summed E-state index contributed by atoms with van der Waals surface area (Å²) in [5, 5.41) is 8.34. The summed E-state index contributed by atoms with van der Waals surface area (Å²) >= 11 is 1.46. The largest absolute Gasteiger partial charge is 1.00 e. The average molecular weight is 690 g/mol. The minimum Gasteiger partial charge on any atom is -1.00 e. The van der Waals surface area contributed by atoms with Crippen LogP contribution in [0.3, 0.4) is 0 Å². The zero-order chi connectivity index (χ0) is 29.1. The predicted molar refractivity (Wildman–Crippen MR) is 174 cm³/mol. The summed E-state index contributed by atoms with van der Waals surface area (Å²) in [4.78, 5) is 0. The van der Waals surface area contributed by atoms with Gasteiger partial charge in [0.25, 0.3) is 0 Å². The van der Waals surface area contributed by atoms with Crippen LogP contribution in [0.25, 0.3) is 25.2 Å². The van der Waals surface area contributed by atoms with Gasteiger partial charge in [-0.3, -0.25) is 0 Å². The predicted octanol–water partition coefficient (Wildman–Crippen LogP) is 2.60. The molecule has 0 atom stereocenters. The van der Waals surface area contributed by atoms with Crippen LogP contribution in [0.15, 0.2) is 127 Å². The van der Waals surface area contributed by atoms with Gasteiger partial charge >= 0.3 is 265 Å². The molecule has 7 rings (SSSR count). The Morgan fingerprint density at radius 3 is 1.59 bits per heavy atom. The molecule has 2 aliphatic carbocycles. The van der Waals surface area contributed by atoms with Crippen molar-refractivity contribution in [2.24, 2.45) is 0 Å². The smallest absolute Gasteiger partial charge is 1.00 e. The van der Waals surface area contributed by atoms with Gasteiger partial charge in [0.05, 0.1) is 0 Å². The number of hydrogen-bond acceptors (Lipinski definition) is 0. The van der Waals surface area contributed by atoms with E-state index in [2.05, 4.69) is 155 Å². The summed E-state index contributed by atoms with van der Waals surface area (Å²) in [6.07, 6.45) is 7.85. The van der Waals surface area contributed by atoms with Gasteiger partial charge in [0.15, 0.2) is 0 Å². The molecule has 0 nitrogen and oxygen atoms in total. The summed E-state index contributed by atoms with van der Waals surface area (Å²) in [7, 11) is 0. The van der Waals surface area contributed by atoms with Gasteiger partial charge in [-0.1, -0.05) is 0 Å². The molecule has 217 valence electrons. The van der Waals surface area contributed by atoms with E-state index in [0.29, 0.717) is 0 Å². The van der Waals surface area contributed by atoms with E-state index in [1.165, 1.54) is 93.0 Å². The van der Waals surface area contributed by atoms with Crippen LogP contribution in [0.1, 0.15) is 56.4 Å². The molecule has 5 aromatic carbocycles. The molecule has 0 aromatic heterocycles. The second-order valence-electron chi connectivity index (χ2n) is 12.6. The Hall–Kier alpha value is -2.96. The van der Waals surface area contributed by atoms with Crippen LogP contribution in [-0.4, -0.2) is 0 Å². The van der Waals surface area contributed by atoms with E-state index in [4.69, 9.17) is 0 Å². The Morgan fingerprint density at radius 1 is 0.591 bits per heavy atom. The molecule has 0 heterocycles. The minimum atomic E-state index is -0.253. The molecule has 0 saturated heterocycles. The number of allylic oxidation sites excluding steroid dienone is 4. The zero-order valence-corrected chi connectivity index (χ0v) is 29.6. The van der Waals surface area contributed by atoms with Gasteiger partial charge in [-0.2, -0.15) is 0 Å². The molecular formula is C41H35Cl2Zr. The Kier molecular flexibility index (Phi) is 9.17. The van der Waals surface area contributed by atoms with Crippen LogP contribution < -0.4 is 35.3 Å². The summed E-state index contributed by atoms with van der Waals surface area (Å²) in [6.45, 7) is 9.77. The van der Waals surface area contributed by atoms with E-state index in [9.17, 15) is 0 Å². The normalized spacial score (nSPS) is 13.6. The van der Waals surface area contributed by atoms with Crippen LogP contribution in [-0.2, 0) is 35.5 Å². The van der Waals surface area contributed by atoms with Gasteiger partial charge < -0.3 is 24.8 Å². The van der Waals surface area contributed by atoms with Crippen LogP contribution in [0.4, 0.5) is 0 Å². The molecule has 44 heavy (non-hydrogen) atoms. The number of halogens is 2. The second-order valence-corrected chi connectivity index (χ2v) is 13.9. The Morgan fingerprint density at radius 2 is 1.07 bits per heavy atom. The van der Waals surface area contributed by atoms with Crippen molar-refractivity contribution < 1.29 is 49.5 Å². The molecule has 0 spiro atoms. The first-order valence-electron chi connectivity index (χ1n) is 14.9. The maximum absolute atomic E-state index is 2.44. The van der Waals surface area contributed by atoms with E-state index in [0.717, 1.165) is 6.42 Å². The Balaban J connectivity index is 0.00000192. The fraction of sp³-hybridized carbons (Fsp3) is 0.171. The first-order chi connectivity index (χ1) is 20.3. The molecule has 0 radical (unpaired) electrons. The quantitative estimate of drug-likeness (QED) is 0.267. The zero-order valence-electron chi connectivity index (χ0n) is 25.6. The van der Waals surface area contributed by atoms with Gasteiger partial charge in [0.1, 0.15) is 0 Å². The Bertz CT molecular complexity index is 2100. The van der Waals surface area contributed by atoms with Crippen molar-refractivity contribution >= 4 is 25.2 Å². The molecule has 0 fully saturated rings. The van der Waals surface area contributed by atoms with Crippen LogP contribution >= 0.6 is 0 Å². The van der Waals surface area contributed by atoms with E-state index in [1.807, 2.05) is 0 Å². The molecule has 0 aliphatic heterocycles. The van der Waals surface area contributed by atoms with Gasteiger partial charge in [0, 0.05) is 0 Å². The average Bonchev–Trinajstić information content (AvgIpc) is 3.65.